The minimum absolute atomic E-state index is 0.294. The number of rotatable bonds is 7. The average molecular weight is 380 g/mol. The lowest BCUT2D eigenvalue weighted by Crippen LogP contribution is -2.55. The molecule has 146 valence electrons. The zero-order chi connectivity index (χ0) is 20.3. The quantitative estimate of drug-likeness (QED) is 0.750. The molecule has 3 rings (SSSR count). The second-order valence-corrected chi connectivity index (χ2v) is 7.55. The van der Waals surface area contributed by atoms with Gasteiger partial charge in [-0.2, -0.15) is 0 Å². The number of nitrogens with zero attached hydrogens (tertiary/aromatic N) is 1. The lowest BCUT2D eigenvalue weighted by Gasteiger charge is -2.30. The Kier molecular flexibility index (Phi) is 5.61. The SMILES string of the molecule is CC(C(=O)NC(C)(C)COCc1ccccc1)N1C(=O)c2ccccc2C1=O. The molecule has 0 fully saturated rings. The molecule has 0 aromatic heterocycles. The van der Waals surface area contributed by atoms with Crippen LogP contribution in [0.15, 0.2) is 54.6 Å². The van der Waals surface area contributed by atoms with Crippen molar-refractivity contribution in [1.82, 2.24) is 10.2 Å². The molecule has 1 aliphatic rings. The first kappa shape index (κ1) is 19.8. The Labute approximate surface area is 164 Å². The number of hydrogen-bond acceptors (Lipinski definition) is 4. The predicted octanol–water partition coefficient (Wildman–Crippen LogP) is 2.78. The van der Waals surface area contributed by atoms with Crippen molar-refractivity contribution in [3.05, 3.63) is 71.3 Å². The molecule has 2 aromatic rings. The van der Waals surface area contributed by atoms with E-state index in [4.69, 9.17) is 4.74 Å². The Balaban J connectivity index is 1.59. The summed E-state index contributed by atoms with van der Waals surface area (Å²) in [5.41, 5.74) is 1.05. The Bertz CT molecular complexity index is 857. The maximum atomic E-state index is 12.7. The van der Waals surface area contributed by atoms with E-state index in [1.807, 2.05) is 44.2 Å². The zero-order valence-electron chi connectivity index (χ0n) is 16.3. The molecule has 1 heterocycles. The summed E-state index contributed by atoms with van der Waals surface area (Å²) in [4.78, 5) is 38.8. The third kappa shape index (κ3) is 4.12. The van der Waals surface area contributed by atoms with Crippen LogP contribution in [0, 0.1) is 0 Å². The summed E-state index contributed by atoms with van der Waals surface area (Å²) in [7, 11) is 0. The van der Waals surface area contributed by atoms with Crippen LogP contribution in [0.2, 0.25) is 0 Å². The monoisotopic (exact) mass is 380 g/mol. The van der Waals surface area contributed by atoms with Crippen LogP contribution in [0.1, 0.15) is 47.1 Å². The number of ether oxygens (including phenoxy) is 1. The molecular weight excluding hydrogens is 356 g/mol. The molecule has 0 saturated heterocycles. The predicted molar refractivity (Wildman–Crippen MR) is 105 cm³/mol. The number of nitrogens with one attached hydrogen (secondary N) is 1. The van der Waals surface area contributed by atoms with Crippen molar-refractivity contribution < 1.29 is 19.1 Å². The van der Waals surface area contributed by atoms with Gasteiger partial charge in [0.15, 0.2) is 0 Å². The summed E-state index contributed by atoms with van der Waals surface area (Å²) in [6.45, 7) is 5.96. The molecule has 0 aliphatic carbocycles. The fourth-order valence-corrected chi connectivity index (χ4v) is 3.15. The molecule has 0 spiro atoms. The molecule has 28 heavy (non-hydrogen) atoms. The van der Waals surface area contributed by atoms with Gasteiger partial charge in [-0.3, -0.25) is 19.3 Å². The van der Waals surface area contributed by atoms with Crippen molar-refractivity contribution in [2.24, 2.45) is 0 Å². The highest BCUT2D eigenvalue weighted by atomic mass is 16.5. The van der Waals surface area contributed by atoms with Gasteiger partial charge in [0.1, 0.15) is 6.04 Å². The highest BCUT2D eigenvalue weighted by Gasteiger charge is 2.41. The Morgan fingerprint density at radius 3 is 2.11 bits per heavy atom. The van der Waals surface area contributed by atoms with Crippen LogP contribution >= 0.6 is 0 Å². The van der Waals surface area contributed by atoms with E-state index in [1.54, 1.807) is 31.2 Å². The van der Waals surface area contributed by atoms with Gasteiger partial charge in [0.25, 0.3) is 11.8 Å². The summed E-state index contributed by atoms with van der Waals surface area (Å²) in [6.07, 6.45) is 0. The Hall–Kier alpha value is -2.99. The Morgan fingerprint density at radius 1 is 1.00 bits per heavy atom. The lowest BCUT2D eigenvalue weighted by atomic mass is 10.1. The van der Waals surface area contributed by atoms with Crippen LogP contribution in [0.3, 0.4) is 0 Å². The topological polar surface area (TPSA) is 75.7 Å². The molecular formula is C22H24N2O4. The first-order valence-corrected chi connectivity index (χ1v) is 9.21. The van der Waals surface area contributed by atoms with E-state index in [0.717, 1.165) is 10.5 Å². The molecule has 0 saturated carbocycles. The number of amides is 3. The summed E-state index contributed by atoms with van der Waals surface area (Å²) < 4.78 is 5.72. The normalized spacial score (nSPS) is 14.8. The molecule has 0 radical (unpaired) electrons. The smallest absolute Gasteiger partial charge is 0.262 e. The number of hydrogen-bond donors (Lipinski definition) is 1. The average Bonchev–Trinajstić information content (AvgIpc) is 2.92. The minimum atomic E-state index is -0.916. The van der Waals surface area contributed by atoms with Gasteiger partial charge in [-0.25, -0.2) is 0 Å². The molecule has 1 N–H and O–H groups in total. The maximum Gasteiger partial charge on any atom is 0.262 e. The lowest BCUT2D eigenvalue weighted by molar-refractivity contribution is -0.127. The van der Waals surface area contributed by atoms with E-state index < -0.39 is 29.3 Å². The third-order valence-electron chi connectivity index (χ3n) is 4.63. The van der Waals surface area contributed by atoms with E-state index in [-0.39, 0.29) is 0 Å². The zero-order valence-corrected chi connectivity index (χ0v) is 16.3. The molecule has 6 nitrogen and oxygen atoms in total. The van der Waals surface area contributed by atoms with Gasteiger partial charge in [-0.1, -0.05) is 42.5 Å². The second-order valence-electron chi connectivity index (χ2n) is 7.55. The number of carbonyl (C=O) groups excluding carboxylic acids is 3. The first-order valence-electron chi connectivity index (χ1n) is 9.21. The number of benzene rings is 2. The van der Waals surface area contributed by atoms with Gasteiger partial charge in [0.05, 0.1) is 29.9 Å². The largest absolute Gasteiger partial charge is 0.374 e. The molecule has 2 aromatic carbocycles. The second kappa shape index (κ2) is 7.94. The van der Waals surface area contributed by atoms with Crippen molar-refractivity contribution in [3.63, 3.8) is 0 Å². The van der Waals surface area contributed by atoms with Crippen molar-refractivity contribution in [2.45, 2.75) is 39.0 Å². The maximum absolute atomic E-state index is 12.7. The first-order chi connectivity index (χ1) is 13.3. The Morgan fingerprint density at radius 2 is 1.54 bits per heavy atom. The standard InChI is InChI=1S/C22H24N2O4/c1-15(24-20(26)17-11-7-8-12-18(17)21(24)27)19(25)23-22(2,3)14-28-13-16-9-5-4-6-10-16/h4-12,15H,13-14H2,1-3H3,(H,23,25). The molecule has 0 bridgehead atoms. The molecule has 1 aliphatic heterocycles. The summed E-state index contributed by atoms with van der Waals surface area (Å²) in [5, 5.41) is 2.88. The molecule has 3 amide bonds. The van der Waals surface area contributed by atoms with Crippen LogP contribution in [0.25, 0.3) is 0 Å². The fourth-order valence-electron chi connectivity index (χ4n) is 3.15. The minimum Gasteiger partial charge on any atom is -0.374 e. The van der Waals surface area contributed by atoms with Crippen molar-refractivity contribution in [3.8, 4) is 0 Å². The van der Waals surface area contributed by atoms with Gasteiger partial charge in [-0.15, -0.1) is 0 Å². The van der Waals surface area contributed by atoms with Crippen LogP contribution in [0.5, 0.6) is 0 Å². The van der Waals surface area contributed by atoms with Gasteiger partial charge in [-0.05, 0) is 38.5 Å². The van der Waals surface area contributed by atoms with Gasteiger partial charge in [0, 0.05) is 0 Å². The third-order valence-corrected chi connectivity index (χ3v) is 4.63. The van der Waals surface area contributed by atoms with Crippen LogP contribution in [0.4, 0.5) is 0 Å². The van der Waals surface area contributed by atoms with Gasteiger partial charge >= 0.3 is 0 Å². The number of imide groups is 1. The van der Waals surface area contributed by atoms with Gasteiger partial charge < -0.3 is 10.1 Å². The number of fused-ring (bicyclic) bond motifs is 1. The van der Waals surface area contributed by atoms with Crippen molar-refractivity contribution in [2.75, 3.05) is 6.61 Å². The van der Waals surface area contributed by atoms with E-state index >= 15 is 0 Å². The van der Waals surface area contributed by atoms with Crippen LogP contribution in [-0.4, -0.2) is 40.8 Å². The number of carbonyl (C=O) groups is 3. The van der Waals surface area contributed by atoms with E-state index in [2.05, 4.69) is 5.32 Å². The van der Waals surface area contributed by atoms with Crippen molar-refractivity contribution >= 4 is 17.7 Å². The summed E-state index contributed by atoms with van der Waals surface area (Å²) in [6, 6.07) is 15.4. The van der Waals surface area contributed by atoms with Gasteiger partial charge in [0.2, 0.25) is 5.91 Å². The molecule has 1 atom stereocenters. The molecule has 1 unspecified atom stereocenters. The van der Waals surface area contributed by atoms with E-state index in [0.29, 0.717) is 24.3 Å². The fraction of sp³-hybridized carbons (Fsp3) is 0.318. The highest BCUT2D eigenvalue weighted by Crippen LogP contribution is 2.24. The van der Waals surface area contributed by atoms with E-state index in [1.165, 1.54) is 0 Å². The van der Waals surface area contributed by atoms with Crippen molar-refractivity contribution in [1.29, 1.82) is 0 Å². The van der Waals surface area contributed by atoms with Crippen LogP contribution in [-0.2, 0) is 16.1 Å². The summed E-state index contributed by atoms with van der Waals surface area (Å²) in [5.74, 6) is -1.29. The van der Waals surface area contributed by atoms with Crippen LogP contribution < -0.4 is 5.32 Å². The highest BCUT2D eigenvalue weighted by molar-refractivity contribution is 6.22. The summed E-state index contributed by atoms with van der Waals surface area (Å²) >= 11 is 0. The van der Waals surface area contributed by atoms with E-state index in [9.17, 15) is 14.4 Å². The molecule has 6 heteroatoms.